The highest BCUT2D eigenvalue weighted by atomic mass is 32.1. The molecule has 2 atom stereocenters. The van der Waals surface area contributed by atoms with Gasteiger partial charge in [0.05, 0.1) is 0 Å². The Balaban J connectivity index is 1.58. The summed E-state index contributed by atoms with van der Waals surface area (Å²) < 4.78 is 0. The third-order valence-corrected chi connectivity index (χ3v) is 6.75. The van der Waals surface area contributed by atoms with E-state index in [2.05, 4.69) is 29.2 Å². The van der Waals surface area contributed by atoms with Crippen LogP contribution in [0.1, 0.15) is 43.2 Å². The van der Waals surface area contributed by atoms with Crippen molar-refractivity contribution in [2.75, 3.05) is 0 Å². The quantitative estimate of drug-likeness (QED) is 0.714. The molecule has 2 unspecified atom stereocenters. The van der Waals surface area contributed by atoms with E-state index in [9.17, 15) is 0 Å². The fourth-order valence-corrected chi connectivity index (χ4v) is 6.25. The fraction of sp³-hybridized carbons (Fsp3) is 0.588. The minimum atomic E-state index is 0.448. The number of benzene rings is 1. The van der Waals surface area contributed by atoms with Gasteiger partial charge < -0.3 is 4.90 Å². The molecule has 4 saturated carbocycles. The minimum absolute atomic E-state index is 0.448. The van der Waals surface area contributed by atoms with Crippen molar-refractivity contribution in [3.8, 4) is 0 Å². The summed E-state index contributed by atoms with van der Waals surface area (Å²) in [6.07, 6.45) is 7.30. The largest absolute Gasteiger partial charge is 0.352 e. The van der Waals surface area contributed by atoms with Crippen LogP contribution in [-0.4, -0.2) is 15.4 Å². The first-order chi connectivity index (χ1) is 9.26. The second kappa shape index (κ2) is 3.41. The zero-order valence-corrected chi connectivity index (χ0v) is 12.0. The lowest BCUT2D eigenvalue weighted by atomic mass is 9.80. The molecule has 1 aromatic carbocycles. The van der Waals surface area contributed by atoms with Crippen molar-refractivity contribution < 1.29 is 0 Å². The van der Waals surface area contributed by atoms with Crippen LogP contribution in [0.25, 0.3) is 0 Å². The molecule has 98 valence electrons. The highest BCUT2D eigenvalue weighted by Gasteiger charge is 2.61. The monoisotopic (exact) mass is 269 g/mol. The van der Waals surface area contributed by atoms with Crippen LogP contribution in [0, 0.1) is 17.8 Å². The zero-order valence-electron chi connectivity index (χ0n) is 11.1. The van der Waals surface area contributed by atoms with Crippen molar-refractivity contribution in [2.24, 2.45) is 17.8 Å². The van der Waals surface area contributed by atoms with E-state index in [4.69, 9.17) is 12.2 Å². The van der Waals surface area contributed by atoms with Crippen LogP contribution in [0.2, 0.25) is 0 Å². The van der Waals surface area contributed by atoms with Crippen molar-refractivity contribution in [3.05, 3.63) is 35.4 Å². The number of fused-ring (bicyclic) bond motifs is 1. The Bertz CT molecular complexity index is 564. The Kier molecular flexibility index (Phi) is 1.94. The third-order valence-electron chi connectivity index (χ3n) is 6.31. The van der Waals surface area contributed by atoms with Crippen LogP contribution in [0.15, 0.2) is 24.3 Å². The fourth-order valence-electron chi connectivity index (χ4n) is 5.81. The summed E-state index contributed by atoms with van der Waals surface area (Å²) in [5, 5.41) is 0. The van der Waals surface area contributed by atoms with Crippen molar-refractivity contribution in [2.45, 2.75) is 44.2 Å². The van der Waals surface area contributed by atoms with Gasteiger partial charge in [-0.2, -0.15) is 0 Å². The molecule has 5 aliphatic rings. The number of nitrogens with zero attached hydrogens (tertiary/aromatic N) is 1. The van der Waals surface area contributed by atoms with Gasteiger partial charge in [-0.05, 0) is 55.4 Å². The summed E-state index contributed by atoms with van der Waals surface area (Å²) in [6.45, 7) is 1.07. The van der Waals surface area contributed by atoms with Gasteiger partial charge in [0.1, 0.15) is 4.99 Å². The summed E-state index contributed by atoms with van der Waals surface area (Å²) in [4.78, 5) is 3.78. The molecule has 4 fully saturated rings. The predicted molar refractivity (Wildman–Crippen MR) is 80.0 cm³/mol. The molecule has 1 aliphatic heterocycles. The van der Waals surface area contributed by atoms with Crippen LogP contribution < -0.4 is 0 Å². The minimum Gasteiger partial charge on any atom is -0.352 e. The van der Waals surface area contributed by atoms with Crippen LogP contribution in [0.4, 0.5) is 0 Å². The molecule has 1 nitrogen and oxygen atoms in total. The van der Waals surface area contributed by atoms with Gasteiger partial charge in [-0.15, -0.1) is 0 Å². The van der Waals surface area contributed by atoms with Gasteiger partial charge in [0.2, 0.25) is 0 Å². The van der Waals surface area contributed by atoms with Gasteiger partial charge >= 0.3 is 0 Å². The van der Waals surface area contributed by atoms with Gasteiger partial charge in [-0.25, -0.2) is 0 Å². The second-order valence-corrected chi connectivity index (χ2v) is 7.58. The third kappa shape index (κ3) is 1.24. The maximum atomic E-state index is 5.83. The lowest BCUT2D eigenvalue weighted by Crippen LogP contribution is -2.49. The molecule has 2 heteroatoms. The number of thiocarbonyl (C=S) groups is 1. The summed E-state index contributed by atoms with van der Waals surface area (Å²) in [7, 11) is 0. The molecule has 0 spiro atoms. The van der Waals surface area contributed by atoms with E-state index < -0.39 is 0 Å². The molecule has 4 bridgehead atoms. The van der Waals surface area contributed by atoms with E-state index in [-0.39, 0.29) is 0 Å². The number of hydrogen-bond acceptors (Lipinski definition) is 1. The van der Waals surface area contributed by atoms with Gasteiger partial charge in [0, 0.05) is 17.6 Å². The average Bonchev–Trinajstić information content (AvgIpc) is 2.96. The Morgan fingerprint density at radius 2 is 1.79 bits per heavy atom. The summed E-state index contributed by atoms with van der Waals surface area (Å²) >= 11 is 5.83. The van der Waals surface area contributed by atoms with Crippen LogP contribution in [0.3, 0.4) is 0 Å². The lowest BCUT2D eigenvalue weighted by Gasteiger charge is -2.42. The topological polar surface area (TPSA) is 3.24 Å². The van der Waals surface area contributed by atoms with E-state index in [1.807, 2.05) is 0 Å². The molecule has 0 saturated heterocycles. The predicted octanol–water partition coefficient (Wildman–Crippen LogP) is 3.76. The molecule has 6 rings (SSSR count). The Morgan fingerprint density at radius 1 is 1.05 bits per heavy atom. The molecule has 4 aliphatic carbocycles. The normalized spacial score (nSPS) is 42.2. The van der Waals surface area contributed by atoms with Gasteiger partial charge in [0.25, 0.3) is 0 Å². The molecule has 0 radical (unpaired) electrons. The molecule has 1 aromatic rings. The SMILES string of the molecule is S=C1c2ccccc2CN1C12CC3CC(CC1C3)C2. The first-order valence-electron chi connectivity index (χ1n) is 7.66. The zero-order chi connectivity index (χ0) is 12.6. The highest BCUT2D eigenvalue weighted by molar-refractivity contribution is 7.80. The smallest absolute Gasteiger partial charge is 0.110 e. The maximum Gasteiger partial charge on any atom is 0.110 e. The first-order valence-corrected chi connectivity index (χ1v) is 8.07. The van der Waals surface area contributed by atoms with E-state index in [1.54, 1.807) is 0 Å². The standard InChI is InChI=1S/C17H19NS/c19-16-15-4-2-1-3-13(15)10-18(16)17-8-11-5-12(9-17)7-14(17)6-11/h1-4,11-12,14H,5-10H2. The van der Waals surface area contributed by atoms with Crippen molar-refractivity contribution in [1.29, 1.82) is 0 Å². The molecular weight excluding hydrogens is 250 g/mol. The van der Waals surface area contributed by atoms with Crippen LogP contribution >= 0.6 is 12.2 Å². The van der Waals surface area contributed by atoms with E-state index in [0.717, 1.165) is 29.3 Å². The summed E-state index contributed by atoms with van der Waals surface area (Å²) in [6, 6.07) is 8.76. The van der Waals surface area contributed by atoms with E-state index in [1.165, 1.54) is 43.2 Å². The van der Waals surface area contributed by atoms with Crippen molar-refractivity contribution >= 4 is 17.2 Å². The second-order valence-electron chi connectivity index (χ2n) is 7.20. The average molecular weight is 269 g/mol. The van der Waals surface area contributed by atoms with E-state index in [0.29, 0.717) is 5.54 Å². The molecule has 1 heterocycles. The Hall–Kier alpha value is -0.890. The molecule has 0 N–H and O–H groups in total. The first kappa shape index (κ1) is 10.8. The van der Waals surface area contributed by atoms with Gasteiger partial charge in [-0.3, -0.25) is 0 Å². The molecule has 0 amide bonds. The summed E-state index contributed by atoms with van der Waals surface area (Å²) in [5.41, 5.74) is 3.23. The highest BCUT2D eigenvalue weighted by Crippen LogP contribution is 2.63. The lowest BCUT2D eigenvalue weighted by molar-refractivity contribution is 0.128. The van der Waals surface area contributed by atoms with E-state index >= 15 is 0 Å². The van der Waals surface area contributed by atoms with Crippen LogP contribution in [0.5, 0.6) is 0 Å². The van der Waals surface area contributed by atoms with Gasteiger partial charge in [-0.1, -0.05) is 36.5 Å². The molecular formula is C17H19NS. The molecule has 19 heavy (non-hydrogen) atoms. The maximum absolute atomic E-state index is 5.83. The Morgan fingerprint density at radius 3 is 2.53 bits per heavy atom. The number of rotatable bonds is 1. The summed E-state index contributed by atoms with van der Waals surface area (Å²) in [5.74, 6) is 2.94. The van der Waals surface area contributed by atoms with Crippen molar-refractivity contribution in [1.82, 2.24) is 4.90 Å². The Labute approximate surface area is 120 Å². The molecule has 0 aromatic heterocycles. The van der Waals surface area contributed by atoms with Crippen LogP contribution in [-0.2, 0) is 6.54 Å². The number of hydrogen-bond donors (Lipinski definition) is 0. The van der Waals surface area contributed by atoms with Gasteiger partial charge in [0.15, 0.2) is 0 Å². The van der Waals surface area contributed by atoms with Crippen molar-refractivity contribution in [3.63, 3.8) is 0 Å².